The minimum Gasteiger partial charge on any atom is -0.458 e. The van der Waals surface area contributed by atoms with Crippen LogP contribution in [0.4, 0.5) is 0 Å². The number of rotatable bonds is 5. The monoisotopic (exact) mass is 308 g/mol. The Labute approximate surface area is 134 Å². The van der Waals surface area contributed by atoms with Crippen LogP contribution in [-0.4, -0.2) is 19.4 Å². The summed E-state index contributed by atoms with van der Waals surface area (Å²) in [4.78, 5) is 11.7. The highest BCUT2D eigenvalue weighted by Gasteiger charge is 2.12. The minimum absolute atomic E-state index is 0.234. The average molecular weight is 308 g/mol. The van der Waals surface area contributed by atoms with Gasteiger partial charge in [0.15, 0.2) is 11.5 Å². The zero-order valence-electron chi connectivity index (χ0n) is 12.5. The number of benzene rings is 2. The third kappa shape index (κ3) is 4.23. The van der Waals surface area contributed by atoms with E-state index in [1.807, 2.05) is 60.7 Å². The van der Waals surface area contributed by atoms with Gasteiger partial charge in [-0.3, -0.25) is 0 Å². The molecule has 2 aromatic carbocycles. The van der Waals surface area contributed by atoms with Crippen LogP contribution in [0.3, 0.4) is 0 Å². The molecule has 0 amide bonds. The highest BCUT2D eigenvalue weighted by atomic mass is 16.7. The summed E-state index contributed by atoms with van der Waals surface area (Å²) < 4.78 is 15.6. The van der Waals surface area contributed by atoms with Crippen molar-refractivity contribution in [3.05, 3.63) is 71.8 Å². The van der Waals surface area contributed by atoms with Crippen LogP contribution < -0.4 is 9.47 Å². The van der Waals surface area contributed by atoms with Crippen LogP contribution >= 0.6 is 0 Å². The van der Waals surface area contributed by atoms with Crippen LogP contribution in [0, 0.1) is 0 Å². The van der Waals surface area contributed by atoms with Crippen LogP contribution in [0.15, 0.2) is 60.7 Å². The Balaban J connectivity index is 1.48. The van der Waals surface area contributed by atoms with Crippen molar-refractivity contribution in [3.63, 3.8) is 0 Å². The van der Waals surface area contributed by atoms with Crippen molar-refractivity contribution < 1.29 is 19.0 Å². The Hall–Kier alpha value is -3.01. The molecule has 0 aliphatic carbocycles. The number of hydrogen-bond donors (Lipinski definition) is 0. The van der Waals surface area contributed by atoms with E-state index >= 15 is 0 Å². The molecule has 0 saturated heterocycles. The largest absolute Gasteiger partial charge is 0.458 e. The van der Waals surface area contributed by atoms with Gasteiger partial charge in [-0.15, -0.1) is 0 Å². The fraction of sp³-hybridized carbons (Fsp3) is 0.105. The first kappa shape index (κ1) is 14.9. The molecule has 116 valence electrons. The summed E-state index contributed by atoms with van der Waals surface area (Å²) in [7, 11) is 0. The highest BCUT2D eigenvalue weighted by Crippen LogP contribution is 2.32. The van der Waals surface area contributed by atoms with Crippen molar-refractivity contribution in [2.24, 2.45) is 0 Å². The lowest BCUT2D eigenvalue weighted by Gasteiger charge is -1.99. The summed E-state index contributed by atoms with van der Waals surface area (Å²) in [6.07, 6.45) is 6.80. The van der Waals surface area contributed by atoms with E-state index in [4.69, 9.17) is 14.2 Å². The van der Waals surface area contributed by atoms with E-state index in [1.54, 1.807) is 6.08 Å². The van der Waals surface area contributed by atoms with Crippen molar-refractivity contribution in [1.29, 1.82) is 0 Å². The molecule has 0 N–H and O–H groups in total. The van der Waals surface area contributed by atoms with Crippen LogP contribution in [0.5, 0.6) is 11.5 Å². The zero-order valence-corrected chi connectivity index (χ0v) is 12.5. The third-order valence-corrected chi connectivity index (χ3v) is 3.24. The maximum atomic E-state index is 11.7. The normalized spacial score (nSPS) is 12.9. The van der Waals surface area contributed by atoms with Gasteiger partial charge in [0, 0.05) is 6.08 Å². The van der Waals surface area contributed by atoms with Gasteiger partial charge in [-0.05, 0) is 35.4 Å². The molecule has 0 unspecified atom stereocenters. The lowest BCUT2D eigenvalue weighted by atomic mass is 10.2. The van der Waals surface area contributed by atoms with E-state index in [0.29, 0.717) is 5.75 Å². The minimum atomic E-state index is -0.389. The first-order valence-electron chi connectivity index (χ1n) is 7.27. The lowest BCUT2D eigenvalue weighted by Crippen LogP contribution is -1.99. The maximum absolute atomic E-state index is 11.7. The Morgan fingerprint density at radius 3 is 2.70 bits per heavy atom. The number of esters is 1. The maximum Gasteiger partial charge on any atom is 0.331 e. The van der Waals surface area contributed by atoms with Crippen molar-refractivity contribution in [2.75, 3.05) is 13.4 Å². The molecule has 0 radical (unpaired) electrons. The Kier molecular flexibility index (Phi) is 4.74. The first-order chi connectivity index (χ1) is 11.3. The molecular formula is C19H16O4. The predicted molar refractivity (Wildman–Crippen MR) is 88.0 cm³/mol. The number of hydrogen-bond acceptors (Lipinski definition) is 4. The molecule has 0 saturated carbocycles. The van der Waals surface area contributed by atoms with Crippen molar-refractivity contribution in [2.45, 2.75) is 0 Å². The highest BCUT2D eigenvalue weighted by molar-refractivity contribution is 5.87. The van der Waals surface area contributed by atoms with Crippen molar-refractivity contribution >= 4 is 18.1 Å². The van der Waals surface area contributed by atoms with Crippen LogP contribution in [0.1, 0.15) is 11.1 Å². The van der Waals surface area contributed by atoms with Gasteiger partial charge in [0.25, 0.3) is 0 Å². The van der Waals surface area contributed by atoms with Gasteiger partial charge in [0.1, 0.15) is 6.61 Å². The molecule has 3 rings (SSSR count). The van der Waals surface area contributed by atoms with Gasteiger partial charge in [0.05, 0.1) is 0 Å². The Morgan fingerprint density at radius 1 is 1.00 bits per heavy atom. The SMILES string of the molecule is O=C(/C=C\c1ccc2c(c1)OCO2)OC/C=C\c1ccccc1. The molecule has 0 spiro atoms. The summed E-state index contributed by atoms with van der Waals surface area (Å²) in [5, 5.41) is 0. The van der Waals surface area contributed by atoms with Crippen LogP contribution in [0.25, 0.3) is 12.2 Å². The summed E-state index contributed by atoms with van der Waals surface area (Å²) in [6, 6.07) is 15.3. The van der Waals surface area contributed by atoms with E-state index < -0.39 is 0 Å². The standard InChI is InChI=1S/C19H16O4/c20-19(21-12-4-7-15-5-2-1-3-6-15)11-9-16-8-10-17-18(13-16)23-14-22-17/h1-11,13H,12,14H2/b7-4-,11-9-. The summed E-state index contributed by atoms with van der Waals surface area (Å²) in [5.41, 5.74) is 1.92. The van der Waals surface area contributed by atoms with E-state index in [0.717, 1.165) is 16.9 Å². The molecule has 0 atom stereocenters. The molecule has 4 heteroatoms. The van der Waals surface area contributed by atoms with Gasteiger partial charge in [-0.1, -0.05) is 42.5 Å². The van der Waals surface area contributed by atoms with Gasteiger partial charge in [0.2, 0.25) is 6.79 Å². The molecular weight excluding hydrogens is 292 g/mol. The summed E-state index contributed by atoms with van der Waals surface area (Å²) in [5.74, 6) is 1.02. The smallest absolute Gasteiger partial charge is 0.331 e. The second-order valence-electron chi connectivity index (χ2n) is 4.89. The molecule has 0 bridgehead atoms. The quantitative estimate of drug-likeness (QED) is 0.624. The van der Waals surface area contributed by atoms with Gasteiger partial charge < -0.3 is 14.2 Å². The van der Waals surface area contributed by atoms with Crippen LogP contribution in [-0.2, 0) is 9.53 Å². The van der Waals surface area contributed by atoms with Crippen molar-refractivity contribution in [3.8, 4) is 11.5 Å². The average Bonchev–Trinajstić information content (AvgIpc) is 3.05. The number of carbonyl (C=O) groups excluding carboxylic acids is 1. The molecule has 1 aliphatic heterocycles. The second-order valence-corrected chi connectivity index (χ2v) is 4.89. The van der Waals surface area contributed by atoms with Gasteiger partial charge >= 0.3 is 5.97 Å². The molecule has 0 fully saturated rings. The van der Waals surface area contributed by atoms with Gasteiger partial charge in [-0.25, -0.2) is 4.79 Å². The molecule has 1 heterocycles. The summed E-state index contributed by atoms with van der Waals surface area (Å²) >= 11 is 0. The number of carbonyl (C=O) groups is 1. The molecule has 23 heavy (non-hydrogen) atoms. The summed E-state index contributed by atoms with van der Waals surface area (Å²) in [6.45, 7) is 0.470. The third-order valence-electron chi connectivity index (χ3n) is 3.24. The van der Waals surface area contributed by atoms with E-state index in [-0.39, 0.29) is 19.4 Å². The van der Waals surface area contributed by atoms with Crippen molar-refractivity contribution in [1.82, 2.24) is 0 Å². The fourth-order valence-corrected chi connectivity index (χ4v) is 2.11. The molecule has 1 aliphatic rings. The fourth-order valence-electron chi connectivity index (χ4n) is 2.11. The van der Waals surface area contributed by atoms with Gasteiger partial charge in [-0.2, -0.15) is 0 Å². The molecule has 0 aromatic heterocycles. The zero-order chi connectivity index (χ0) is 15.9. The van der Waals surface area contributed by atoms with E-state index in [1.165, 1.54) is 6.08 Å². The Morgan fingerprint density at radius 2 is 1.83 bits per heavy atom. The van der Waals surface area contributed by atoms with E-state index in [2.05, 4.69) is 0 Å². The molecule has 4 nitrogen and oxygen atoms in total. The number of ether oxygens (including phenoxy) is 3. The molecule has 2 aromatic rings. The number of fused-ring (bicyclic) bond motifs is 1. The van der Waals surface area contributed by atoms with E-state index in [9.17, 15) is 4.79 Å². The first-order valence-corrected chi connectivity index (χ1v) is 7.27. The van der Waals surface area contributed by atoms with Crippen LogP contribution in [0.2, 0.25) is 0 Å². The second kappa shape index (κ2) is 7.31. The lowest BCUT2D eigenvalue weighted by molar-refractivity contribution is -0.136. The predicted octanol–water partition coefficient (Wildman–Crippen LogP) is 3.69. The topological polar surface area (TPSA) is 44.8 Å². The Bertz CT molecular complexity index is 732.